The highest BCUT2D eigenvalue weighted by molar-refractivity contribution is 6.55. The molecule has 1 aliphatic rings. The van der Waals surface area contributed by atoms with E-state index in [1.165, 1.54) is 11.1 Å². The maximum Gasteiger partial charge on any atom is 0.332 e. The highest BCUT2D eigenvalue weighted by Crippen LogP contribution is 2.21. The van der Waals surface area contributed by atoms with Crippen molar-refractivity contribution < 1.29 is 9.59 Å². The van der Waals surface area contributed by atoms with E-state index >= 15 is 0 Å². The largest absolute Gasteiger partial charge is 0.338 e. The Morgan fingerprint density at radius 1 is 1.44 bits per heavy atom. The van der Waals surface area contributed by atoms with Gasteiger partial charge in [-0.15, -0.1) is 0 Å². The molecule has 0 radical (unpaired) electrons. The van der Waals surface area contributed by atoms with Gasteiger partial charge in [-0.1, -0.05) is 23.2 Å². The fraction of sp³-hybridized carbons (Fsp3) is 0.636. The molecule has 1 rings (SSSR count). The van der Waals surface area contributed by atoms with Gasteiger partial charge in [-0.3, -0.25) is 4.90 Å². The Hall–Kier alpha value is -0.940. The lowest BCUT2D eigenvalue weighted by molar-refractivity contribution is 0.136. The Balaban J connectivity index is 2.95. The quantitative estimate of drug-likeness (QED) is 0.808. The fourth-order valence-corrected chi connectivity index (χ4v) is 1.77. The third-order valence-corrected chi connectivity index (χ3v) is 2.66. The minimum absolute atomic E-state index is 0.0318. The summed E-state index contributed by atoms with van der Waals surface area (Å²) >= 11 is 11.2. The molecule has 0 spiro atoms. The van der Waals surface area contributed by atoms with Crippen molar-refractivity contribution in [2.24, 2.45) is 0 Å². The predicted molar refractivity (Wildman–Crippen MR) is 71.5 cm³/mol. The first-order chi connectivity index (χ1) is 8.23. The van der Waals surface area contributed by atoms with Gasteiger partial charge >= 0.3 is 12.1 Å². The monoisotopic (exact) mass is 293 g/mol. The molecule has 1 aliphatic heterocycles. The molecule has 0 aromatic rings. The van der Waals surface area contributed by atoms with E-state index in [0.717, 1.165) is 11.3 Å². The number of hydrogen-bond donors (Lipinski definition) is 1. The summed E-state index contributed by atoms with van der Waals surface area (Å²) in [4.78, 5) is 26.5. The number of urea groups is 2. The first kappa shape index (κ1) is 15.1. The van der Waals surface area contributed by atoms with Gasteiger partial charge in [-0.2, -0.15) is 0 Å². The van der Waals surface area contributed by atoms with Crippen molar-refractivity contribution in [2.75, 3.05) is 13.1 Å². The normalized spacial score (nSPS) is 16.1. The number of nitrogens with one attached hydrogen (secondary N) is 1. The first-order valence-corrected chi connectivity index (χ1v) is 6.40. The maximum atomic E-state index is 12.3. The molecule has 0 saturated carbocycles. The van der Waals surface area contributed by atoms with Gasteiger partial charge in [-0.05, 0) is 27.2 Å². The number of hydrogen-bond acceptors (Lipinski definition) is 2. The van der Waals surface area contributed by atoms with Crippen molar-refractivity contribution in [1.82, 2.24) is 15.1 Å². The van der Waals surface area contributed by atoms with Gasteiger partial charge in [-0.25, -0.2) is 14.5 Å². The minimum atomic E-state index is -0.524. The van der Waals surface area contributed by atoms with Crippen LogP contribution < -0.4 is 5.32 Å². The Kier molecular flexibility index (Phi) is 4.87. The average Bonchev–Trinajstić information content (AvgIpc) is 2.24. The van der Waals surface area contributed by atoms with Crippen LogP contribution in [0.25, 0.3) is 0 Å². The average molecular weight is 294 g/mol. The lowest BCUT2D eigenvalue weighted by Gasteiger charge is -2.37. The topological polar surface area (TPSA) is 52.7 Å². The Morgan fingerprint density at radius 2 is 2.06 bits per heavy atom. The van der Waals surface area contributed by atoms with Crippen molar-refractivity contribution in [2.45, 2.75) is 32.7 Å². The van der Waals surface area contributed by atoms with Crippen LogP contribution in [0.2, 0.25) is 0 Å². The predicted octanol–water partition coefficient (Wildman–Crippen LogP) is 2.90. The molecule has 1 fully saturated rings. The molecule has 102 valence electrons. The van der Waals surface area contributed by atoms with Crippen LogP contribution in [-0.2, 0) is 0 Å². The number of carbonyl (C=O) groups excluding carboxylic acids is 2. The van der Waals surface area contributed by atoms with E-state index in [-0.39, 0.29) is 10.5 Å². The standard InChI is InChI=1S/C11H17Cl2N3O2/c1-11(2,3)16(7-8(12)13)10(18)15-6-4-5-14-9(15)17/h7H,4-6H2,1-3H3,(H,14,17). The molecule has 4 amide bonds. The summed E-state index contributed by atoms with van der Waals surface area (Å²) in [6, 6.07) is -0.821. The number of rotatable bonds is 1. The summed E-state index contributed by atoms with van der Waals surface area (Å²) in [6.45, 7) is 6.48. The molecule has 0 aromatic heterocycles. The highest BCUT2D eigenvalue weighted by atomic mass is 35.5. The third-order valence-electron chi connectivity index (χ3n) is 2.47. The van der Waals surface area contributed by atoms with Gasteiger partial charge in [0, 0.05) is 24.8 Å². The summed E-state index contributed by atoms with van der Waals surface area (Å²) in [7, 11) is 0. The lowest BCUT2D eigenvalue weighted by atomic mass is 10.1. The fourth-order valence-electron chi connectivity index (χ4n) is 1.58. The molecule has 0 atom stereocenters. The second-order valence-corrected chi connectivity index (χ2v) is 5.99. The van der Waals surface area contributed by atoms with Crippen LogP contribution in [0.1, 0.15) is 27.2 Å². The van der Waals surface area contributed by atoms with E-state index < -0.39 is 11.6 Å². The Morgan fingerprint density at radius 3 is 2.50 bits per heavy atom. The summed E-state index contributed by atoms with van der Waals surface area (Å²) in [6.07, 6.45) is 2.06. The van der Waals surface area contributed by atoms with Crippen LogP contribution in [0, 0.1) is 0 Å². The summed E-state index contributed by atoms with van der Waals surface area (Å²) < 4.78 is -0.0318. The van der Waals surface area contributed by atoms with Crippen LogP contribution in [0.15, 0.2) is 10.7 Å². The van der Waals surface area contributed by atoms with Crippen molar-refractivity contribution >= 4 is 35.3 Å². The van der Waals surface area contributed by atoms with Crippen molar-refractivity contribution in [3.8, 4) is 0 Å². The molecular weight excluding hydrogens is 277 g/mol. The zero-order valence-electron chi connectivity index (χ0n) is 10.7. The zero-order valence-corrected chi connectivity index (χ0v) is 12.2. The molecule has 1 N–H and O–H groups in total. The second kappa shape index (κ2) is 5.80. The molecular formula is C11H17Cl2N3O2. The van der Waals surface area contributed by atoms with Crippen LogP contribution in [0.3, 0.4) is 0 Å². The van der Waals surface area contributed by atoms with Crippen LogP contribution >= 0.6 is 23.2 Å². The molecule has 5 nitrogen and oxygen atoms in total. The molecule has 1 heterocycles. The number of halogens is 2. The number of amides is 4. The molecule has 18 heavy (non-hydrogen) atoms. The van der Waals surface area contributed by atoms with E-state index in [9.17, 15) is 9.59 Å². The SMILES string of the molecule is CC(C)(C)N(C=C(Cl)Cl)C(=O)N1CCCNC1=O. The number of imide groups is 1. The van der Waals surface area contributed by atoms with Crippen LogP contribution in [0.5, 0.6) is 0 Å². The van der Waals surface area contributed by atoms with Gasteiger partial charge < -0.3 is 5.32 Å². The first-order valence-electron chi connectivity index (χ1n) is 5.65. The summed E-state index contributed by atoms with van der Waals surface area (Å²) in [5, 5.41) is 2.63. The van der Waals surface area contributed by atoms with Crippen LogP contribution in [-0.4, -0.2) is 40.5 Å². The van der Waals surface area contributed by atoms with Gasteiger partial charge in [0.15, 0.2) is 0 Å². The van der Waals surface area contributed by atoms with E-state index in [2.05, 4.69) is 5.32 Å². The van der Waals surface area contributed by atoms with Crippen molar-refractivity contribution in [1.29, 1.82) is 0 Å². The summed E-state index contributed by atoms with van der Waals surface area (Å²) in [5.41, 5.74) is -0.524. The Labute approximate surface area is 117 Å². The van der Waals surface area contributed by atoms with E-state index in [1.807, 2.05) is 20.8 Å². The van der Waals surface area contributed by atoms with Gasteiger partial charge in [0.1, 0.15) is 4.49 Å². The third kappa shape index (κ3) is 3.78. The number of nitrogens with zero attached hydrogens (tertiary/aromatic N) is 2. The van der Waals surface area contributed by atoms with E-state index in [1.54, 1.807) is 0 Å². The molecule has 1 saturated heterocycles. The minimum Gasteiger partial charge on any atom is -0.338 e. The lowest BCUT2D eigenvalue weighted by Crippen LogP contribution is -2.56. The van der Waals surface area contributed by atoms with Crippen LogP contribution in [0.4, 0.5) is 9.59 Å². The smallest absolute Gasteiger partial charge is 0.332 e. The molecule has 0 aliphatic carbocycles. The Bertz CT molecular complexity index is 373. The molecule has 0 unspecified atom stereocenters. The van der Waals surface area contributed by atoms with Gasteiger partial charge in [0.2, 0.25) is 0 Å². The molecule has 7 heteroatoms. The van der Waals surface area contributed by atoms with Gasteiger partial charge in [0.05, 0.1) is 0 Å². The zero-order chi connectivity index (χ0) is 13.9. The van der Waals surface area contributed by atoms with Gasteiger partial charge in [0.25, 0.3) is 0 Å². The van der Waals surface area contributed by atoms with Crippen molar-refractivity contribution in [3.05, 3.63) is 10.7 Å². The maximum absolute atomic E-state index is 12.3. The van der Waals surface area contributed by atoms with E-state index in [0.29, 0.717) is 13.1 Å². The molecule has 0 bridgehead atoms. The van der Waals surface area contributed by atoms with Crippen molar-refractivity contribution in [3.63, 3.8) is 0 Å². The highest BCUT2D eigenvalue weighted by Gasteiger charge is 2.33. The summed E-state index contributed by atoms with van der Waals surface area (Å²) in [5.74, 6) is 0. The number of carbonyl (C=O) groups is 2. The second-order valence-electron chi connectivity index (χ2n) is 4.98. The molecule has 0 aromatic carbocycles. The van der Waals surface area contributed by atoms with E-state index in [4.69, 9.17) is 23.2 Å².